The molecular formula is C16H23N5O2. The minimum absolute atomic E-state index is 0.0356. The zero-order valence-corrected chi connectivity index (χ0v) is 13.9. The zero-order valence-electron chi connectivity index (χ0n) is 13.9. The minimum atomic E-state index is 0.0356. The first kappa shape index (κ1) is 15.7. The van der Waals surface area contributed by atoms with Crippen molar-refractivity contribution in [3.8, 4) is 0 Å². The molecule has 1 fully saturated rings. The summed E-state index contributed by atoms with van der Waals surface area (Å²) in [7, 11) is 1.93. The molecule has 1 unspecified atom stereocenters. The number of carbonyl (C=O) groups excluding carboxylic acids is 1. The van der Waals surface area contributed by atoms with E-state index in [0.29, 0.717) is 12.8 Å². The van der Waals surface area contributed by atoms with Crippen LogP contribution in [0.25, 0.3) is 0 Å². The second-order valence-corrected chi connectivity index (χ2v) is 6.20. The molecule has 3 rings (SSSR count). The quantitative estimate of drug-likeness (QED) is 0.863. The third-order valence-electron chi connectivity index (χ3n) is 4.64. The van der Waals surface area contributed by atoms with E-state index in [0.717, 1.165) is 48.6 Å². The van der Waals surface area contributed by atoms with Crippen molar-refractivity contribution in [2.24, 2.45) is 7.05 Å². The second kappa shape index (κ2) is 6.52. The lowest BCUT2D eigenvalue weighted by atomic mass is 10.00. The first-order valence-electron chi connectivity index (χ1n) is 8.13. The predicted octanol–water partition coefficient (Wildman–Crippen LogP) is 2.11. The van der Waals surface area contributed by atoms with E-state index in [1.165, 1.54) is 0 Å². The normalized spacial score (nSPS) is 18.4. The largest absolute Gasteiger partial charge is 0.361 e. The molecule has 0 radical (unpaired) electrons. The Kier molecular flexibility index (Phi) is 4.45. The topological polar surface area (TPSA) is 77.1 Å². The third kappa shape index (κ3) is 3.13. The van der Waals surface area contributed by atoms with E-state index in [2.05, 4.69) is 15.4 Å². The maximum absolute atomic E-state index is 12.8. The van der Waals surface area contributed by atoms with Crippen molar-refractivity contribution >= 4 is 5.91 Å². The van der Waals surface area contributed by atoms with Crippen molar-refractivity contribution in [1.29, 1.82) is 0 Å². The van der Waals surface area contributed by atoms with Crippen molar-refractivity contribution in [1.82, 2.24) is 24.8 Å². The van der Waals surface area contributed by atoms with Crippen LogP contribution in [0.15, 0.2) is 10.9 Å². The lowest BCUT2D eigenvalue weighted by Crippen LogP contribution is -2.39. The van der Waals surface area contributed by atoms with E-state index in [9.17, 15) is 4.79 Å². The van der Waals surface area contributed by atoms with Crippen molar-refractivity contribution < 1.29 is 9.32 Å². The monoisotopic (exact) mass is 317 g/mol. The van der Waals surface area contributed by atoms with Gasteiger partial charge in [0.05, 0.1) is 11.7 Å². The van der Waals surface area contributed by atoms with Gasteiger partial charge in [0.2, 0.25) is 5.91 Å². The number of carbonyl (C=O) groups is 1. The maximum atomic E-state index is 12.8. The molecule has 0 aliphatic carbocycles. The number of rotatable bonds is 4. The molecule has 1 amide bonds. The molecule has 0 N–H and O–H groups in total. The molecule has 1 atom stereocenters. The van der Waals surface area contributed by atoms with Crippen molar-refractivity contribution in [2.45, 2.75) is 52.0 Å². The Labute approximate surface area is 135 Å². The second-order valence-electron chi connectivity index (χ2n) is 6.20. The highest BCUT2D eigenvalue weighted by Crippen LogP contribution is 2.30. The molecule has 124 valence electrons. The molecule has 2 aromatic heterocycles. The summed E-state index contributed by atoms with van der Waals surface area (Å²) in [6.07, 6.45) is 5.94. The number of piperidine rings is 1. The van der Waals surface area contributed by atoms with E-state index in [1.807, 2.05) is 30.4 Å². The van der Waals surface area contributed by atoms with Gasteiger partial charge in [0.25, 0.3) is 0 Å². The highest BCUT2D eigenvalue weighted by Gasteiger charge is 2.30. The van der Waals surface area contributed by atoms with Crippen LogP contribution in [0, 0.1) is 13.8 Å². The Balaban J connectivity index is 1.71. The van der Waals surface area contributed by atoms with Gasteiger partial charge in [0.1, 0.15) is 12.1 Å². The standard InChI is InChI=1S/C16H23N5O2/c1-11-13(12(2)23-19-11)7-8-15(22)21-9-5-4-6-14(21)16-18-17-10-20(16)3/h10,14H,4-9H2,1-3H3. The Bertz CT molecular complexity index is 671. The molecule has 1 aliphatic rings. The summed E-state index contributed by atoms with van der Waals surface area (Å²) in [5, 5.41) is 12.1. The molecule has 0 saturated carbocycles. The van der Waals surface area contributed by atoms with Crippen molar-refractivity contribution in [3.05, 3.63) is 29.2 Å². The van der Waals surface area contributed by atoms with E-state index in [4.69, 9.17) is 4.52 Å². The number of hydrogen-bond acceptors (Lipinski definition) is 5. The Morgan fingerprint density at radius 1 is 1.39 bits per heavy atom. The molecule has 7 nitrogen and oxygen atoms in total. The average Bonchev–Trinajstić information content (AvgIpc) is 3.11. The molecule has 0 spiro atoms. The lowest BCUT2D eigenvalue weighted by Gasteiger charge is -2.35. The van der Waals surface area contributed by atoms with Gasteiger partial charge in [-0.05, 0) is 39.5 Å². The lowest BCUT2D eigenvalue weighted by molar-refractivity contribution is -0.135. The fourth-order valence-electron chi connectivity index (χ4n) is 3.33. The summed E-state index contributed by atoms with van der Waals surface area (Å²) in [6.45, 7) is 4.60. The fourth-order valence-corrected chi connectivity index (χ4v) is 3.33. The van der Waals surface area contributed by atoms with Crippen LogP contribution in [0.3, 0.4) is 0 Å². The van der Waals surface area contributed by atoms with Crippen LogP contribution in [0.4, 0.5) is 0 Å². The Hall–Kier alpha value is -2.18. The minimum Gasteiger partial charge on any atom is -0.361 e. The van der Waals surface area contributed by atoms with Crippen LogP contribution in [-0.2, 0) is 18.3 Å². The smallest absolute Gasteiger partial charge is 0.223 e. The van der Waals surface area contributed by atoms with Gasteiger partial charge in [0.15, 0.2) is 5.82 Å². The van der Waals surface area contributed by atoms with Crippen molar-refractivity contribution in [2.75, 3.05) is 6.54 Å². The summed E-state index contributed by atoms with van der Waals surface area (Å²) in [5.41, 5.74) is 1.92. The highest BCUT2D eigenvalue weighted by atomic mass is 16.5. The fraction of sp³-hybridized carbons (Fsp3) is 0.625. The molecule has 23 heavy (non-hydrogen) atoms. The summed E-state index contributed by atoms with van der Waals surface area (Å²) >= 11 is 0. The van der Waals surface area contributed by atoms with Gasteiger partial charge in [-0.2, -0.15) is 0 Å². The van der Waals surface area contributed by atoms with Crippen LogP contribution in [0.1, 0.15) is 54.6 Å². The summed E-state index contributed by atoms with van der Waals surface area (Å²) in [5.74, 6) is 1.84. The SMILES string of the molecule is Cc1noc(C)c1CCC(=O)N1CCCCC1c1nncn1C. The van der Waals surface area contributed by atoms with Crippen LogP contribution >= 0.6 is 0 Å². The first-order valence-corrected chi connectivity index (χ1v) is 8.13. The zero-order chi connectivity index (χ0) is 16.4. The molecule has 2 aromatic rings. The van der Waals surface area contributed by atoms with Gasteiger partial charge < -0.3 is 14.0 Å². The van der Waals surface area contributed by atoms with E-state index in [-0.39, 0.29) is 11.9 Å². The molecule has 3 heterocycles. The number of likely N-dealkylation sites (tertiary alicyclic amines) is 1. The number of aromatic nitrogens is 4. The first-order chi connectivity index (χ1) is 11.1. The van der Waals surface area contributed by atoms with Gasteiger partial charge in [-0.3, -0.25) is 4.79 Å². The summed E-state index contributed by atoms with van der Waals surface area (Å²) in [4.78, 5) is 14.7. The maximum Gasteiger partial charge on any atom is 0.223 e. The molecule has 1 saturated heterocycles. The highest BCUT2D eigenvalue weighted by molar-refractivity contribution is 5.77. The van der Waals surface area contributed by atoms with Gasteiger partial charge in [-0.25, -0.2) is 0 Å². The van der Waals surface area contributed by atoms with Gasteiger partial charge in [-0.15, -0.1) is 10.2 Å². The van der Waals surface area contributed by atoms with Gasteiger partial charge in [-0.1, -0.05) is 5.16 Å². The van der Waals surface area contributed by atoms with Gasteiger partial charge in [0, 0.05) is 25.6 Å². The molecule has 7 heteroatoms. The third-order valence-corrected chi connectivity index (χ3v) is 4.64. The van der Waals surface area contributed by atoms with Crippen LogP contribution in [-0.4, -0.2) is 37.3 Å². The van der Waals surface area contributed by atoms with Crippen LogP contribution in [0.2, 0.25) is 0 Å². The molecule has 0 aromatic carbocycles. The van der Waals surface area contributed by atoms with Crippen molar-refractivity contribution in [3.63, 3.8) is 0 Å². The number of nitrogens with zero attached hydrogens (tertiary/aromatic N) is 5. The van der Waals surface area contributed by atoms with E-state index in [1.54, 1.807) is 6.33 Å². The Morgan fingerprint density at radius 2 is 2.22 bits per heavy atom. The predicted molar refractivity (Wildman–Crippen MR) is 83.6 cm³/mol. The molecular weight excluding hydrogens is 294 g/mol. The Morgan fingerprint density at radius 3 is 2.87 bits per heavy atom. The number of amides is 1. The van der Waals surface area contributed by atoms with E-state index < -0.39 is 0 Å². The number of aryl methyl sites for hydroxylation is 3. The van der Waals surface area contributed by atoms with Crippen LogP contribution in [0.5, 0.6) is 0 Å². The van der Waals surface area contributed by atoms with Crippen LogP contribution < -0.4 is 0 Å². The van der Waals surface area contributed by atoms with E-state index >= 15 is 0 Å². The summed E-state index contributed by atoms with van der Waals surface area (Å²) < 4.78 is 7.08. The summed E-state index contributed by atoms with van der Waals surface area (Å²) in [6, 6.07) is 0.0356. The van der Waals surface area contributed by atoms with Gasteiger partial charge >= 0.3 is 0 Å². The molecule has 1 aliphatic heterocycles. The molecule has 0 bridgehead atoms. The number of hydrogen-bond donors (Lipinski definition) is 0. The average molecular weight is 317 g/mol.